The molecule has 2 atom stereocenters. The molecule has 0 saturated heterocycles. The number of benzene rings is 6. The van der Waals surface area contributed by atoms with Gasteiger partial charge in [-0.1, -0.05) is 132 Å². The molecule has 6 aromatic carbocycles. The maximum absolute atomic E-state index is 14.8. The number of hydrogen-bond acceptors (Lipinski definition) is 10. The summed E-state index contributed by atoms with van der Waals surface area (Å²) in [4.78, 5) is 76.1. The number of aliphatic hydroxyl groups is 2. The summed E-state index contributed by atoms with van der Waals surface area (Å²) in [6.07, 6.45) is 8.48. The van der Waals surface area contributed by atoms with E-state index in [1.807, 2.05) is 104 Å². The molecule has 19 heteroatoms. The summed E-state index contributed by atoms with van der Waals surface area (Å²) in [5.41, 5.74) is 11.1. The number of ether oxygens (including phenoxy) is 1. The second-order valence-corrected chi connectivity index (χ2v) is 25.6. The van der Waals surface area contributed by atoms with Crippen LogP contribution in [0.5, 0.6) is 5.75 Å². The number of unbranched alkanes of at least 4 members (excludes halogenated alkanes) is 4. The molecule has 8 aromatic rings. The standard InChI is InChI=1S/C39H47FN4O4.C38H44ClN5O4/c1-6-8-16-42(17-9-7-2)39(47)36-18-27(5)44(41-36)37-15-14-29(31-19-32(40)23-34(21-31)48-26(3)4)22-35(37)38(46)43-24-30-13-11-10-12-28(30)20-33(43)25-45;1-5-7-17-42(18-8-6-2)38(48)34-19-25(3)44(41-34)35-16-14-27(28-13-15-31(33(39)22-28)36(46)40-4)21-32(35)37(47)43-23-29-12-10-9-11-26(29)20-30(43)24-45/h10-15,18-19,21-23,26,33,45H,6-9,16-17,20,24-25H2,1-5H3;9-16,19,21-22,30,45H,5-8,17-18,20,23-24H2,1-4H3,(H,40,46)/t33-;30-/m00/s1. The molecule has 2 aliphatic rings. The molecule has 10 rings (SSSR count). The molecular formula is C77H91ClFN9O8. The Balaban J connectivity index is 0.000000225. The van der Waals surface area contributed by atoms with Gasteiger partial charge in [0.1, 0.15) is 11.6 Å². The van der Waals surface area contributed by atoms with Crippen LogP contribution >= 0.6 is 11.6 Å². The molecule has 0 aliphatic carbocycles. The van der Waals surface area contributed by atoms with Crippen molar-refractivity contribution in [2.75, 3.05) is 46.4 Å². The predicted octanol–water partition coefficient (Wildman–Crippen LogP) is 13.8. The maximum Gasteiger partial charge on any atom is 0.274 e. The second-order valence-electron chi connectivity index (χ2n) is 25.2. The molecule has 3 N–H and O–H groups in total. The van der Waals surface area contributed by atoms with Gasteiger partial charge in [-0.15, -0.1) is 0 Å². The van der Waals surface area contributed by atoms with Gasteiger partial charge in [-0.25, -0.2) is 13.8 Å². The Labute approximate surface area is 568 Å². The number of amides is 5. The van der Waals surface area contributed by atoms with Crippen molar-refractivity contribution in [3.05, 3.63) is 206 Å². The molecule has 17 nitrogen and oxygen atoms in total. The van der Waals surface area contributed by atoms with Crippen LogP contribution in [0.1, 0.15) is 179 Å². The van der Waals surface area contributed by atoms with Crippen molar-refractivity contribution < 1.29 is 43.3 Å². The SMILES string of the molecule is CCCCN(CCCC)C(=O)c1cc(C)n(-c2ccc(-c3cc(F)cc(OC(C)C)c3)cc2C(=O)N2Cc3ccccc3C[C@H]2CO)n1.CCCCN(CCCC)C(=O)c1cc(C)n(-c2ccc(-c3ccc(C(=O)NC)c(Cl)c3)cc2C(=O)N2Cc3ccccc3C[C@H]2CO)n1. The fourth-order valence-corrected chi connectivity index (χ4v) is 12.8. The number of rotatable bonds is 25. The minimum Gasteiger partial charge on any atom is -0.491 e. The Morgan fingerprint density at radius 2 is 0.979 bits per heavy atom. The summed E-state index contributed by atoms with van der Waals surface area (Å²) in [7, 11) is 1.55. The first-order chi connectivity index (χ1) is 46.3. The third kappa shape index (κ3) is 16.6. The highest BCUT2D eigenvalue weighted by atomic mass is 35.5. The van der Waals surface area contributed by atoms with Crippen LogP contribution in [0.4, 0.5) is 4.39 Å². The van der Waals surface area contributed by atoms with Crippen LogP contribution in [-0.2, 0) is 25.9 Å². The van der Waals surface area contributed by atoms with E-state index in [2.05, 4.69) is 33.0 Å². The Morgan fingerprint density at radius 1 is 0.562 bits per heavy atom. The summed E-state index contributed by atoms with van der Waals surface area (Å²) in [5, 5.41) is 33.2. The number of halogens is 2. The van der Waals surface area contributed by atoms with Gasteiger partial charge in [-0.05, 0) is 171 Å². The lowest BCUT2D eigenvalue weighted by molar-refractivity contribution is 0.0539. The van der Waals surface area contributed by atoms with Crippen molar-refractivity contribution >= 4 is 41.1 Å². The van der Waals surface area contributed by atoms with Crippen LogP contribution in [-0.4, -0.2) is 144 Å². The highest BCUT2D eigenvalue weighted by molar-refractivity contribution is 6.34. The Bertz CT molecular complexity index is 4050. The van der Waals surface area contributed by atoms with Crippen LogP contribution in [0.15, 0.2) is 133 Å². The second kappa shape index (κ2) is 33.1. The van der Waals surface area contributed by atoms with E-state index in [0.29, 0.717) is 125 Å². The Morgan fingerprint density at radius 3 is 1.39 bits per heavy atom. The highest BCUT2D eigenvalue weighted by Gasteiger charge is 2.35. The average molecular weight is 1330 g/mol. The molecule has 5 amide bonds. The lowest BCUT2D eigenvalue weighted by atomic mass is 9.93. The van der Waals surface area contributed by atoms with E-state index < -0.39 is 17.9 Å². The monoisotopic (exact) mass is 1320 g/mol. The van der Waals surface area contributed by atoms with Crippen molar-refractivity contribution in [2.24, 2.45) is 0 Å². The quantitative estimate of drug-likeness (QED) is 0.0495. The highest BCUT2D eigenvalue weighted by Crippen LogP contribution is 2.35. The lowest BCUT2D eigenvalue weighted by Crippen LogP contribution is -2.46. The first-order valence-corrected chi connectivity index (χ1v) is 34.2. The molecular weight excluding hydrogens is 1230 g/mol. The largest absolute Gasteiger partial charge is 0.491 e. The molecule has 4 heterocycles. The number of hydrogen-bond donors (Lipinski definition) is 3. The van der Waals surface area contributed by atoms with Crippen LogP contribution in [0.25, 0.3) is 33.6 Å². The fraction of sp³-hybridized carbons (Fsp3) is 0.390. The minimum atomic E-state index is -0.449. The van der Waals surface area contributed by atoms with Gasteiger partial charge >= 0.3 is 0 Å². The lowest BCUT2D eigenvalue weighted by Gasteiger charge is -2.36. The Kier molecular flexibility index (Phi) is 24.6. The van der Waals surface area contributed by atoms with Crippen molar-refractivity contribution in [3.8, 4) is 39.4 Å². The van der Waals surface area contributed by atoms with Gasteiger partial charge in [0.05, 0.1) is 64.5 Å². The van der Waals surface area contributed by atoms with Gasteiger partial charge in [0, 0.05) is 63.8 Å². The molecule has 506 valence electrons. The third-order valence-electron chi connectivity index (χ3n) is 17.8. The molecule has 0 radical (unpaired) electrons. The summed E-state index contributed by atoms with van der Waals surface area (Å²) >= 11 is 6.52. The number of aliphatic hydroxyl groups excluding tert-OH is 2. The molecule has 0 bridgehead atoms. The molecule has 0 saturated carbocycles. The van der Waals surface area contributed by atoms with E-state index in [1.54, 1.807) is 80.8 Å². The number of aryl methyl sites for hydroxylation is 2. The number of fused-ring (bicyclic) bond motifs is 2. The number of carbonyl (C=O) groups excluding carboxylic acids is 5. The Hall–Kier alpha value is -8.97. The first-order valence-electron chi connectivity index (χ1n) is 33.8. The van der Waals surface area contributed by atoms with Crippen molar-refractivity contribution in [3.63, 3.8) is 0 Å². The molecule has 2 aliphatic heterocycles. The summed E-state index contributed by atoms with van der Waals surface area (Å²) in [6.45, 7) is 18.9. The number of nitrogens with zero attached hydrogens (tertiary/aromatic N) is 8. The van der Waals surface area contributed by atoms with Crippen LogP contribution < -0.4 is 10.1 Å². The summed E-state index contributed by atoms with van der Waals surface area (Å²) in [5.74, 6) is -1.15. The zero-order chi connectivity index (χ0) is 68.7. The zero-order valence-electron chi connectivity index (χ0n) is 56.8. The van der Waals surface area contributed by atoms with Crippen LogP contribution in [0.3, 0.4) is 0 Å². The van der Waals surface area contributed by atoms with Gasteiger partial charge < -0.3 is 39.9 Å². The average Bonchev–Trinajstić information content (AvgIpc) is 1.33. The number of carbonyl (C=O) groups is 5. The number of aromatic nitrogens is 4. The van der Waals surface area contributed by atoms with Crippen LogP contribution in [0, 0.1) is 19.7 Å². The van der Waals surface area contributed by atoms with Gasteiger partial charge in [0.2, 0.25) is 0 Å². The molecule has 0 unspecified atom stereocenters. The molecule has 0 spiro atoms. The van der Waals surface area contributed by atoms with Gasteiger partial charge in [0.15, 0.2) is 11.4 Å². The predicted molar refractivity (Wildman–Crippen MR) is 375 cm³/mol. The maximum atomic E-state index is 14.8. The third-order valence-corrected chi connectivity index (χ3v) is 18.1. The van der Waals surface area contributed by atoms with Gasteiger partial charge in [-0.3, -0.25) is 24.0 Å². The van der Waals surface area contributed by atoms with E-state index in [-0.39, 0.29) is 48.9 Å². The topological polar surface area (TPSA) is 196 Å². The van der Waals surface area contributed by atoms with E-state index in [9.17, 15) is 38.6 Å². The first kappa shape index (κ1) is 71.3. The van der Waals surface area contributed by atoms with Gasteiger partial charge in [-0.2, -0.15) is 10.2 Å². The fourth-order valence-electron chi connectivity index (χ4n) is 12.5. The van der Waals surface area contributed by atoms with Crippen molar-refractivity contribution in [2.45, 2.75) is 151 Å². The van der Waals surface area contributed by atoms with E-state index >= 15 is 0 Å². The minimum absolute atomic E-state index is 0.123. The van der Waals surface area contributed by atoms with E-state index in [4.69, 9.17) is 26.5 Å². The van der Waals surface area contributed by atoms with Crippen molar-refractivity contribution in [1.29, 1.82) is 0 Å². The molecule has 96 heavy (non-hydrogen) atoms. The smallest absolute Gasteiger partial charge is 0.274 e. The molecule has 2 aromatic heterocycles. The number of nitrogens with one attached hydrogen (secondary N) is 1. The van der Waals surface area contributed by atoms with Crippen LogP contribution in [0.2, 0.25) is 5.02 Å². The summed E-state index contributed by atoms with van der Waals surface area (Å²) < 4.78 is 23.9. The summed E-state index contributed by atoms with van der Waals surface area (Å²) in [6, 6.07) is 39.2. The molecule has 0 fully saturated rings. The van der Waals surface area contributed by atoms with Crippen molar-refractivity contribution in [1.82, 2.24) is 44.5 Å². The normalized spacial score (nSPS) is 14.1. The van der Waals surface area contributed by atoms with E-state index in [0.717, 1.165) is 84.7 Å². The zero-order valence-corrected chi connectivity index (χ0v) is 57.6. The van der Waals surface area contributed by atoms with Gasteiger partial charge in [0.25, 0.3) is 29.5 Å². The van der Waals surface area contributed by atoms with E-state index in [1.165, 1.54) is 12.1 Å².